The quantitative estimate of drug-likeness (QED) is 0.217. The van der Waals surface area contributed by atoms with E-state index in [9.17, 15) is 0 Å². The van der Waals surface area contributed by atoms with E-state index in [0.717, 1.165) is 0 Å². The van der Waals surface area contributed by atoms with E-state index >= 15 is 0 Å². The molecule has 0 N–H and O–H groups in total. The van der Waals surface area contributed by atoms with Crippen LogP contribution >= 0.6 is 0 Å². The molecule has 0 spiro atoms. The molecule has 0 aliphatic heterocycles. The van der Waals surface area contributed by atoms with Gasteiger partial charge in [0, 0.05) is 5.56 Å². The van der Waals surface area contributed by atoms with Gasteiger partial charge in [0.15, 0.2) is 0 Å². The highest BCUT2D eigenvalue weighted by Gasteiger charge is 2.26. The molecular weight excluding hydrogens is 302 g/mol. The minimum absolute atomic E-state index is 1.23. The van der Waals surface area contributed by atoms with E-state index in [1.54, 1.807) is 0 Å². The van der Waals surface area contributed by atoms with Gasteiger partial charge in [-0.3, -0.25) is 0 Å². The van der Waals surface area contributed by atoms with Crippen molar-refractivity contribution in [1.82, 2.24) is 0 Å². The van der Waals surface area contributed by atoms with Crippen LogP contribution in [0, 0.1) is 0 Å². The van der Waals surface area contributed by atoms with Crippen molar-refractivity contribution in [1.29, 1.82) is 0 Å². The topological polar surface area (TPSA) is 0 Å². The van der Waals surface area contributed by atoms with Gasteiger partial charge in [0.25, 0.3) is 0 Å². The van der Waals surface area contributed by atoms with E-state index in [0.29, 0.717) is 0 Å². The molecule has 0 saturated carbocycles. The van der Waals surface area contributed by atoms with Crippen LogP contribution in [0.5, 0.6) is 0 Å². The summed E-state index contributed by atoms with van der Waals surface area (Å²) in [7, 11) is 0. The van der Waals surface area contributed by atoms with Gasteiger partial charge in [-0.2, -0.15) is 0 Å². The number of quaternary nitrogens is 1. The summed E-state index contributed by atoms with van der Waals surface area (Å²) in [6.45, 7) is 12.3. The average molecular weight is 347 g/mol. The summed E-state index contributed by atoms with van der Waals surface area (Å²) in [6, 6.07) is 11.2. The van der Waals surface area contributed by atoms with Gasteiger partial charge in [-0.1, -0.05) is 96.0 Å². The first-order chi connectivity index (χ1) is 12.3. The first-order valence-corrected chi connectivity index (χ1v) is 11.2. The molecule has 1 aromatic carbocycles. The van der Waals surface area contributed by atoms with Gasteiger partial charge in [-0.25, -0.2) is 0 Å². The number of rotatable bonds is 16. The first-order valence-electron chi connectivity index (χ1n) is 11.2. The predicted octanol–water partition coefficient (Wildman–Crippen LogP) is 7.35. The van der Waals surface area contributed by atoms with Crippen molar-refractivity contribution in [3.63, 3.8) is 0 Å². The molecule has 0 saturated heterocycles. The molecule has 0 fully saturated rings. The highest BCUT2D eigenvalue weighted by Crippen LogP contribution is 2.20. The lowest BCUT2D eigenvalue weighted by Crippen LogP contribution is -2.49. The van der Waals surface area contributed by atoms with Crippen molar-refractivity contribution in [3.05, 3.63) is 35.9 Å². The molecule has 1 nitrogen and oxygen atoms in total. The summed E-state index contributed by atoms with van der Waals surface area (Å²) >= 11 is 0. The van der Waals surface area contributed by atoms with Crippen molar-refractivity contribution in [2.45, 2.75) is 97.9 Å². The number of unbranched alkanes of at least 4 members (excludes halogenated alkanes) is 8. The molecular formula is C24H44N+. The molecule has 0 aromatic heterocycles. The molecule has 0 aliphatic rings. The molecule has 144 valence electrons. The van der Waals surface area contributed by atoms with Crippen LogP contribution in [0.1, 0.15) is 97.0 Å². The highest BCUT2D eigenvalue weighted by molar-refractivity contribution is 5.13. The zero-order valence-electron chi connectivity index (χ0n) is 17.4. The summed E-state index contributed by atoms with van der Waals surface area (Å²) in [5.41, 5.74) is 1.53. The predicted molar refractivity (Wildman–Crippen MR) is 113 cm³/mol. The monoisotopic (exact) mass is 346 g/mol. The van der Waals surface area contributed by atoms with Crippen LogP contribution in [0.15, 0.2) is 30.3 Å². The number of nitrogens with zero attached hydrogens (tertiary/aromatic N) is 1. The lowest BCUT2D eigenvalue weighted by molar-refractivity contribution is -0.941. The lowest BCUT2D eigenvalue weighted by Gasteiger charge is -2.39. The molecule has 25 heavy (non-hydrogen) atoms. The largest absolute Gasteiger partial charge is 0.320 e. The second kappa shape index (κ2) is 14.4. The van der Waals surface area contributed by atoms with Gasteiger partial charge in [-0.15, -0.1) is 0 Å². The van der Waals surface area contributed by atoms with Crippen LogP contribution < -0.4 is 0 Å². The Labute approximate surface area is 158 Å². The lowest BCUT2D eigenvalue weighted by atomic mass is 10.1. The number of hydrogen-bond donors (Lipinski definition) is 0. The molecule has 0 unspecified atom stereocenters. The molecule has 0 aliphatic carbocycles. The van der Waals surface area contributed by atoms with Gasteiger partial charge in [0.05, 0.1) is 19.6 Å². The Morgan fingerprint density at radius 2 is 1.04 bits per heavy atom. The Kier molecular flexibility index (Phi) is 12.8. The van der Waals surface area contributed by atoms with Crippen LogP contribution in [0.25, 0.3) is 0 Å². The van der Waals surface area contributed by atoms with E-state index in [1.165, 1.54) is 107 Å². The molecule has 0 heterocycles. The van der Waals surface area contributed by atoms with Gasteiger partial charge in [0.2, 0.25) is 0 Å². The van der Waals surface area contributed by atoms with Crippen LogP contribution in [-0.2, 0) is 6.54 Å². The molecule has 0 amide bonds. The fraction of sp³-hybridized carbons (Fsp3) is 0.750. The summed E-state index contributed by atoms with van der Waals surface area (Å²) in [5, 5.41) is 0. The normalized spacial score (nSPS) is 11.8. The van der Waals surface area contributed by atoms with Crippen LogP contribution in [0.4, 0.5) is 0 Å². The number of benzene rings is 1. The minimum Gasteiger partial charge on any atom is -0.320 e. The molecule has 1 heteroatoms. The van der Waals surface area contributed by atoms with Crippen LogP contribution in [0.3, 0.4) is 0 Å². The third-order valence-electron chi connectivity index (χ3n) is 5.57. The van der Waals surface area contributed by atoms with Gasteiger partial charge in [-0.05, 0) is 25.7 Å². The smallest absolute Gasteiger partial charge is 0.104 e. The summed E-state index contributed by atoms with van der Waals surface area (Å²) in [4.78, 5) is 0. The van der Waals surface area contributed by atoms with E-state index in [2.05, 4.69) is 51.1 Å². The molecule has 0 atom stereocenters. The Bertz CT molecular complexity index is 390. The van der Waals surface area contributed by atoms with Crippen molar-refractivity contribution >= 4 is 0 Å². The fourth-order valence-corrected chi connectivity index (χ4v) is 3.93. The summed E-state index contributed by atoms with van der Waals surface area (Å²) in [5.74, 6) is 0. The van der Waals surface area contributed by atoms with Crippen LogP contribution in [0.2, 0.25) is 0 Å². The highest BCUT2D eigenvalue weighted by atomic mass is 15.3. The molecule has 1 rings (SSSR count). The maximum Gasteiger partial charge on any atom is 0.104 e. The zero-order valence-corrected chi connectivity index (χ0v) is 17.4. The third-order valence-corrected chi connectivity index (χ3v) is 5.57. The molecule has 0 bridgehead atoms. The second-order valence-electron chi connectivity index (χ2n) is 7.98. The Hall–Kier alpha value is -0.820. The maximum absolute atomic E-state index is 2.34. The minimum atomic E-state index is 1.23. The fourth-order valence-electron chi connectivity index (χ4n) is 3.93. The average Bonchev–Trinajstić information content (AvgIpc) is 2.64. The third kappa shape index (κ3) is 10.0. The Balaban J connectivity index is 2.60. The van der Waals surface area contributed by atoms with Crippen molar-refractivity contribution in [2.75, 3.05) is 19.6 Å². The van der Waals surface area contributed by atoms with Gasteiger partial charge >= 0.3 is 0 Å². The van der Waals surface area contributed by atoms with Crippen molar-refractivity contribution < 1.29 is 4.48 Å². The van der Waals surface area contributed by atoms with Crippen molar-refractivity contribution in [2.24, 2.45) is 0 Å². The Morgan fingerprint density at radius 3 is 1.60 bits per heavy atom. The standard InChI is InChI=1S/C24H44N/c1-4-7-10-11-12-13-17-22-25(20-8-5-2,21-9-6-3)23-24-18-15-14-16-19-24/h14-16,18-19H,4-13,17,20-23H2,1-3H3/q+1. The van der Waals surface area contributed by atoms with Crippen molar-refractivity contribution in [3.8, 4) is 0 Å². The van der Waals surface area contributed by atoms with E-state index in [4.69, 9.17) is 0 Å². The molecule has 1 aromatic rings. The van der Waals surface area contributed by atoms with Gasteiger partial charge < -0.3 is 4.48 Å². The zero-order chi connectivity index (χ0) is 18.2. The van der Waals surface area contributed by atoms with E-state index in [-0.39, 0.29) is 0 Å². The Morgan fingerprint density at radius 1 is 0.560 bits per heavy atom. The molecule has 0 radical (unpaired) electrons. The first kappa shape index (κ1) is 22.2. The second-order valence-corrected chi connectivity index (χ2v) is 7.98. The summed E-state index contributed by atoms with van der Waals surface area (Å²) in [6.07, 6.45) is 15.3. The van der Waals surface area contributed by atoms with E-state index in [1.807, 2.05) is 0 Å². The SMILES string of the molecule is CCCCCCCCC[N+](CCCC)(CCCC)Cc1ccccc1. The number of hydrogen-bond acceptors (Lipinski definition) is 0. The van der Waals surface area contributed by atoms with Gasteiger partial charge in [0.1, 0.15) is 6.54 Å². The summed E-state index contributed by atoms with van der Waals surface area (Å²) < 4.78 is 1.32. The van der Waals surface area contributed by atoms with Crippen LogP contribution in [-0.4, -0.2) is 24.1 Å². The maximum atomic E-state index is 2.34. The van der Waals surface area contributed by atoms with E-state index < -0.39 is 0 Å².